The van der Waals surface area contributed by atoms with Gasteiger partial charge in [0.2, 0.25) is 0 Å². The van der Waals surface area contributed by atoms with Crippen LogP contribution < -0.4 is 15.4 Å². The molecule has 0 saturated carbocycles. The number of aliphatic hydroxyl groups is 1. The first kappa shape index (κ1) is 14.4. The van der Waals surface area contributed by atoms with Crippen LogP contribution in [-0.2, 0) is 0 Å². The lowest BCUT2D eigenvalue weighted by atomic mass is 10.2. The van der Waals surface area contributed by atoms with Gasteiger partial charge < -0.3 is 20.5 Å². The zero-order valence-corrected chi connectivity index (χ0v) is 9.87. The van der Waals surface area contributed by atoms with E-state index in [-0.39, 0.29) is 30.3 Å². The summed E-state index contributed by atoms with van der Waals surface area (Å²) in [5.74, 6) is -0.536. The van der Waals surface area contributed by atoms with E-state index in [1.807, 2.05) is 0 Å². The van der Waals surface area contributed by atoms with Gasteiger partial charge in [-0.25, -0.2) is 13.2 Å². The van der Waals surface area contributed by atoms with E-state index in [4.69, 9.17) is 15.6 Å². The number of anilines is 2. The van der Waals surface area contributed by atoms with Gasteiger partial charge >= 0.3 is 0 Å². The topological polar surface area (TPSA) is 58.7 Å². The Bertz CT molecular complexity index is 402. The van der Waals surface area contributed by atoms with Crippen molar-refractivity contribution in [1.29, 1.82) is 0 Å². The Morgan fingerprint density at radius 1 is 1.44 bits per heavy atom. The maximum absolute atomic E-state index is 13.7. The number of methoxy groups -OCH3 is 1. The van der Waals surface area contributed by atoms with E-state index in [0.717, 1.165) is 11.0 Å². The number of rotatable bonds is 6. The van der Waals surface area contributed by atoms with Crippen LogP contribution in [0.3, 0.4) is 0 Å². The molecule has 0 aromatic heterocycles. The highest BCUT2D eigenvalue weighted by Gasteiger charge is 2.18. The zero-order chi connectivity index (χ0) is 13.7. The molecular formula is C11H15F3N2O2. The van der Waals surface area contributed by atoms with Crippen LogP contribution in [0.2, 0.25) is 0 Å². The van der Waals surface area contributed by atoms with E-state index in [2.05, 4.69) is 0 Å². The second-order valence-corrected chi connectivity index (χ2v) is 3.61. The molecule has 0 saturated heterocycles. The average molecular weight is 264 g/mol. The van der Waals surface area contributed by atoms with Crippen molar-refractivity contribution in [2.75, 3.05) is 37.4 Å². The van der Waals surface area contributed by atoms with Gasteiger partial charge in [0.15, 0.2) is 0 Å². The number of nitrogen functional groups attached to an aromatic ring is 1. The maximum atomic E-state index is 13.7. The van der Waals surface area contributed by atoms with Crippen molar-refractivity contribution in [2.24, 2.45) is 0 Å². The number of alkyl halides is 2. The monoisotopic (exact) mass is 264 g/mol. The van der Waals surface area contributed by atoms with Crippen molar-refractivity contribution in [3.8, 4) is 5.75 Å². The number of benzene rings is 1. The summed E-state index contributed by atoms with van der Waals surface area (Å²) in [6.07, 6.45) is -2.64. The maximum Gasteiger partial charge on any atom is 0.255 e. The first-order valence-corrected chi connectivity index (χ1v) is 5.26. The Hall–Kier alpha value is -1.63. The van der Waals surface area contributed by atoms with Crippen molar-refractivity contribution in [3.63, 3.8) is 0 Å². The van der Waals surface area contributed by atoms with Gasteiger partial charge in [-0.1, -0.05) is 0 Å². The smallest absolute Gasteiger partial charge is 0.255 e. The summed E-state index contributed by atoms with van der Waals surface area (Å²) in [7, 11) is 1.34. The number of ether oxygens (including phenoxy) is 1. The molecule has 0 bridgehead atoms. The van der Waals surface area contributed by atoms with E-state index >= 15 is 0 Å². The lowest BCUT2D eigenvalue weighted by molar-refractivity contribution is 0.152. The predicted molar refractivity (Wildman–Crippen MR) is 62.7 cm³/mol. The highest BCUT2D eigenvalue weighted by Crippen LogP contribution is 2.30. The summed E-state index contributed by atoms with van der Waals surface area (Å²) in [4.78, 5) is 1.04. The molecule has 1 aromatic rings. The van der Waals surface area contributed by atoms with Gasteiger partial charge in [-0.15, -0.1) is 0 Å². The van der Waals surface area contributed by atoms with Crippen LogP contribution in [0.4, 0.5) is 24.5 Å². The molecular weight excluding hydrogens is 249 g/mol. The van der Waals surface area contributed by atoms with Gasteiger partial charge in [0.05, 0.1) is 31.6 Å². The molecule has 0 amide bonds. The lowest BCUT2D eigenvalue weighted by Crippen LogP contribution is -2.32. The van der Waals surface area contributed by atoms with Gasteiger partial charge in [0.25, 0.3) is 6.43 Å². The third kappa shape index (κ3) is 3.43. The number of halogens is 3. The minimum Gasteiger partial charge on any atom is -0.495 e. The molecule has 0 aliphatic carbocycles. The molecule has 3 N–H and O–H groups in total. The van der Waals surface area contributed by atoms with E-state index < -0.39 is 18.8 Å². The van der Waals surface area contributed by atoms with Crippen LogP contribution in [-0.4, -0.2) is 38.3 Å². The molecule has 102 valence electrons. The SMILES string of the molecule is COc1cc(N(CCO)CC(F)F)c(F)cc1N. The average Bonchev–Trinajstić information content (AvgIpc) is 2.28. The standard InChI is InChI=1S/C11H15F3N2O2/c1-18-10-5-9(7(12)4-8(10)15)16(2-3-17)6-11(13)14/h4-5,11,17H,2-3,6,15H2,1H3. The van der Waals surface area contributed by atoms with Crippen molar-refractivity contribution in [2.45, 2.75) is 6.43 Å². The van der Waals surface area contributed by atoms with Crippen LogP contribution in [0.15, 0.2) is 12.1 Å². The summed E-state index contributed by atoms with van der Waals surface area (Å²) < 4.78 is 43.4. The number of nitrogens with two attached hydrogens (primary N) is 1. The Morgan fingerprint density at radius 3 is 2.61 bits per heavy atom. The molecule has 7 heteroatoms. The van der Waals surface area contributed by atoms with E-state index in [0.29, 0.717) is 0 Å². The third-order valence-electron chi connectivity index (χ3n) is 2.37. The molecule has 0 atom stereocenters. The summed E-state index contributed by atoms with van der Waals surface area (Å²) in [6, 6.07) is 2.24. The predicted octanol–water partition coefficient (Wildman–Crippen LogP) is 1.48. The molecule has 4 nitrogen and oxygen atoms in total. The van der Waals surface area contributed by atoms with E-state index in [1.54, 1.807) is 0 Å². The van der Waals surface area contributed by atoms with Gasteiger partial charge in [-0.3, -0.25) is 0 Å². The van der Waals surface area contributed by atoms with Gasteiger partial charge in [0, 0.05) is 18.7 Å². The third-order valence-corrected chi connectivity index (χ3v) is 2.37. The molecule has 18 heavy (non-hydrogen) atoms. The second kappa shape index (κ2) is 6.34. The molecule has 0 aliphatic heterocycles. The fourth-order valence-electron chi connectivity index (χ4n) is 1.57. The van der Waals surface area contributed by atoms with Crippen molar-refractivity contribution < 1.29 is 23.0 Å². The summed E-state index contributed by atoms with van der Waals surface area (Å²) in [5.41, 5.74) is 5.50. The highest BCUT2D eigenvalue weighted by molar-refractivity contribution is 5.63. The molecule has 0 radical (unpaired) electrons. The largest absolute Gasteiger partial charge is 0.495 e. The van der Waals surface area contributed by atoms with Gasteiger partial charge in [0.1, 0.15) is 11.6 Å². The molecule has 1 aromatic carbocycles. The number of hydrogen-bond acceptors (Lipinski definition) is 4. The minimum atomic E-state index is -2.64. The van der Waals surface area contributed by atoms with Crippen molar-refractivity contribution in [3.05, 3.63) is 17.9 Å². The van der Waals surface area contributed by atoms with Crippen LogP contribution in [0.1, 0.15) is 0 Å². The molecule has 1 rings (SSSR count). The molecule has 0 aliphatic rings. The lowest BCUT2D eigenvalue weighted by Gasteiger charge is -2.24. The Morgan fingerprint density at radius 2 is 2.11 bits per heavy atom. The fourth-order valence-corrected chi connectivity index (χ4v) is 1.57. The number of aliphatic hydroxyl groups excluding tert-OH is 1. The molecule has 0 fully saturated rings. The van der Waals surface area contributed by atoms with Crippen LogP contribution in [0.25, 0.3) is 0 Å². The summed E-state index contributed by atoms with van der Waals surface area (Å²) in [5, 5.41) is 8.82. The Kier molecular flexibility index (Phi) is 5.08. The normalized spacial score (nSPS) is 10.8. The fraction of sp³-hybridized carbons (Fsp3) is 0.455. The second-order valence-electron chi connectivity index (χ2n) is 3.61. The van der Waals surface area contributed by atoms with Crippen LogP contribution >= 0.6 is 0 Å². The zero-order valence-electron chi connectivity index (χ0n) is 9.87. The first-order valence-electron chi connectivity index (χ1n) is 5.26. The Balaban J connectivity index is 3.10. The highest BCUT2D eigenvalue weighted by atomic mass is 19.3. The minimum absolute atomic E-state index is 0.0737. The van der Waals surface area contributed by atoms with Crippen LogP contribution in [0, 0.1) is 5.82 Å². The number of nitrogens with zero attached hydrogens (tertiary/aromatic N) is 1. The molecule has 0 spiro atoms. The molecule has 0 heterocycles. The Labute approximate surface area is 103 Å². The van der Waals surface area contributed by atoms with Crippen LogP contribution in [0.5, 0.6) is 5.75 Å². The summed E-state index contributed by atoms with van der Waals surface area (Å²) >= 11 is 0. The van der Waals surface area contributed by atoms with Crippen molar-refractivity contribution in [1.82, 2.24) is 0 Å². The quantitative estimate of drug-likeness (QED) is 0.764. The van der Waals surface area contributed by atoms with E-state index in [1.165, 1.54) is 13.2 Å². The number of hydrogen-bond donors (Lipinski definition) is 2. The van der Waals surface area contributed by atoms with Gasteiger partial charge in [-0.2, -0.15) is 0 Å². The first-order chi connectivity index (χ1) is 8.49. The van der Waals surface area contributed by atoms with E-state index in [9.17, 15) is 13.2 Å². The van der Waals surface area contributed by atoms with Crippen molar-refractivity contribution >= 4 is 11.4 Å². The van der Waals surface area contributed by atoms with Gasteiger partial charge in [-0.05, 0) is 0 Å². The summed E-state index contributed by atoms with van der Waals surface area (Å²) in [6.45, 7) is -1.14. The molecule has 0 unspecified atom stereocenters.